The van der Waals surface area contributed by atoms with Gasteiger partial charge in [0.15, 0.2) is 11.5 Å². The molecule has 0 saturated heterocycles. The van der Waals surface area contributed by atoms with E-state index in [1.165, 1.54) is 10.7 Å². The molecule has 4 rings (SSSR count). The minimum absolute atomic E-state index is 0.185. The van der Waals surface area contributed by atoms with E-state index in [9.17, 15) is 9.90 Å². The van der Waals surface area contributed by atoms with E-state index in [1.807, 2.05) is 61.5 Å². The Labute approximate surface area is 198 Å². The van der Waals surface area contributed by atoms with Crippen molar-refractivity contribution in [2.24, 2.45) is 0 Å². The van der Waals surface area contributed by atoms with Crippen molar-refractivity contribution in [3.05, 3.63) is 100 Å². The molecule has 1 heterocycles. The molecule has 2 N–H and O–H groups in total. The molecule has 3 aromatic carbocycles. The van der Waals surface area contributed by atoms with Crippen LogP contribution in [0.3, 0.4) is 0 Å². The van der Waals surface area contributed by atoms with E-state index in [0.29, 0.717) is 37.0 Å². The van der Waals surface area contributed by atoms with Crippen LogP contribution in [-0.4, -0.2) is 35.1 Å². The Morgan fingerprint density at radius 2 is 1.79 bits per heavy atom. The van der Waals surface area contributed by atoms with Crippen LogP contribution in [0, 0.1) is 6.92 Å². The Kier molecular flexibility index (Phi) is 7.13. The third-order valence-electron chi connectivity index (χ3n) is 5.39. The van der Waals surface area contributed by atoms with Crippen LogP contribution in [-0.2, 0) is 6.54 Å². The van der Waals surface area contributed by atoms with E-state index in [1.54, 1.807) is 25.3 Å². The molecule has 0 aliphatic heterocycles. The predicted octanol–water partition coefficient (Wildman–Crippen LogP) is 4.47. The lowest BCUT2D eigenvalue weighted by Crippen LogP contribution is -2.24. The molecule has 34 heavy (non-hydrogen) atoms. The number of hydrogen-bond acceptors (Lipinski definition) is 6. The number of methoxy groups -OCH3 is 1. The van der Waals surface area contributed by atoms with Gasteiger partial charge in [-0.05, 0) is 65.6 Å². The number of anilines is 1. The van der Waals surface area contributed by atoms with Crippen molar-refractivity contribution in [2.75, 3.05) is 25.6 Å². The molecule has 0 unspecified atom stereocenters. The quantitative estimate of drug-likeness (QED) is 0.361. The third-order valence-corrected chi connectivity index (χ3v) is 5.39. The molecule has 174 valence electrons. The number of nitrogens with one attached hydrogen (secondary N) is 1. The van der Waals surface area contributed by atoms with Gasteiger partial charge in [-0.15, -0.1) is 0 Å². The molecule has 0 amide bonds. The normalized spacial score (nSPS) is 10.6. The molecule has 0 radical (unpaired) electrons. The number of aryl methyl sites for hydroxylation is 1. The lowest BCUT2D eigenvalue weighted by atomic mass is 9.98. The standard InChI is InChI=1S/C27H27N3O4/c1-19-10-11-20(16-23(19)21-6-5-7-22(31)17-21)18-30-27(32)13-12-26(29-30)28-14-15-34-25-9-4-3-8-24(25)33-2/h3-13,16-17,31H,14-15,18H2,1-2H3,(H,28,29). The minimum Gasteiger partial charge on any atom is -0.508 e. The Bertz CT molecular complexity index is 1330. The first-order chi connectivity index (χ1) is 16.5. The minimum atomic E-state index is -0.185. The molecule has 1 aromatic heterocycles. The van der Waals surface area contributed by atoms with Crippen LogP contribution in [0.5, 0.6) is 17.2 Å². The number of phenolic OH excluding ortho intramolecular Hbond substituents is 1. The molecule has 4 aromatic rings. The fourth-order valence-electron chi connectivity index (χ4n) is 3.66. The molecular formula is C27H27N3O4. The first-order valence-electron chi connectivity index (χ1n) is 11.0. The molecule has 7 heteroatoms. The highest BCUT2D eigenvalue weighted by molar-refractivity contribution is 5.69. The van der Waals surface area contributed by atoms with E-state index in [0.717, 1.165) is 22.3 Å². The maximum atomic E-state index is 12.4. The van der Waals surface area contributed by atoms with Crippen molar-refractivity contribution in [1.29, 1.82) is 0 Å². The van der Waals surface area contributed by atoms with Gasteiger partial charge in [-0.2, -0.15) is 5.10 Å². The SMILES string of the molecule is COc1ccccc1OCCNc1ccc(=O)n(Cc2ccc(C)c(-c3cccc(O)c3)c2)n1. The molecule has 0 spiro atoms. The summed E-state index contributed by atoms with van der Waals surface area (Å²) in [6.07, 6.45) is 0. The van der Waals surface area contributed by atoms with Crippen molar-refractivity contribution in [2.45, 2.75) is 13.5 Å². The summed E-state index contributed by atoms with van der Waals surface area (Å²) >= 11 is 0. The van der Waals surface area contributed by atoms with Crippen LogP contribution in [0.15, 0.2) is 83.7 Å². The fraction of sp³-hybridized carbons (Fsp3) is 0.185. The summed E-state index contributed by atoms with van der Waals surface area (Å²) in [6, 6.07) is 23.8. The summed E-state index contributed by atoms with van der Waals surface area (Å²) in [4.78, 5) is 12.4. The van der Waals surface area contributed by atoms with Crippen LogP contribution in [0.4, 0.5) is 5.82 Å². The highest BCUT2D eigenvalue weighted by Crippen LogP contribution is 2.28. The van der Waals surface area contributed by atoms with Gasteiger partial charge in [0.1, 0.15) is 18.2 Å². The number of ether oxygens (including phenoxy) is 2. The van der Waals surface area contributed by atoms with Crippen molar-refractivity contribution in [1.82, 2.24) is 9.78 Å². The van der Waals surface area contributed by atoms with Gasteiger partial charge in [-0.25, -0.2) is 4.68 Å². The molecule has 0 fully saturated rings. The van der Waals surface area contributed by atoms with Crippen molar-refractivity contribution >= 4 is 5.82 Å². The Balaban J connectivity index is 1.43. The topological polar surface area (TPSA) is 85.6 Å². The maximum Gasteiger partial charge on any atom is 0.267 e. The average molecular weight is 458 g/mol. The molecule has 0 aliphatic rings. The molecule has 0 aliphatic carbocycles. The van der Waals surface area contributed by atoms with Gasteiger partial charge in [0.05, 0.1) is 20.2 Å². The highest BCUT2D eigenvalue weighted by atomic mass is 16.5. The lowest BCUT2D eigenvalue weighted by Gasteiger charge is -2.13. The van der Waals surface area contributed by atoms with Gasteiger partial charge in [0, 0.05) is 6.07 Å². The second-order valence-electron chi connectivity index (χ2n) is 7.84. The van der Waals surface area contributed by atoms with Crippen molar-refractivity contribution in [3.63, 3.8) is 0 Å². The molecule has 7 nitrogen and oxygen atoms in total. The van der Waals surface area contributed by atoms with Gasteiger partial charge in [0.2, 0.25) is 0 Å². The van der Waals surface area contributed by atoms with E-state index < -0.39 is 0 Å². The number of aromatic hydroxyl groups is 1. The summed E-state index contributed by atoms with van der Waals surface area (Å²) < 4.78 is 12.5. The molecule has 0 bridgehead atoms. The number of phenols is 1. The van der Waals surface area contributed by atoms with Gasteiger partial charge in [0.25, 0.3) is 5.56 Å². The average Bonchev–Trinajstić information content (AvgIpc) is 2.85. The van der Waals surface area contributed by atoms with E-state index >= 15 is 0 Å². The number of para-hydroxylation sites is 2. The number of hydrogen-bond donors (Lipinski definition) is 2. The second-order valence-corrected chi connectivity index (χ2v) is 7.84. The Morgan fingerprint density at radius 3 is 2.59 bits per heavy atom. The monoisotopic (exact) mass is 457 g/mol. The number of aromatic nitrogens is 2. The van der Waals surface area contributed by atoms with E-state index in [4.69, 9.17) is 9.47 Å². The lowest BCUT2D eigenvalue weighted by molar-refractivity contribution is 0.305. The van der Waals surface area contributed by atoms with Crippen LogP contribution < -0.4 is 20.3 Å². The zero-order chi connectivity index (χ0) is 23.9. The smallest absolute Gasteiger partial charge is 0.267 e. The highest BCUT2D eigenvalue weighted by Gasteiger charge is 2.08. The fourth-order valence-corrected chi connectivity index (χ4v) is 3.66. The summed E-state index contributed by atoms with van der Waals surface area (Å²) in [5, 5.41) is 17.5. The summed E-state index contributed by atoms with van der Waals surface area (Å²) in [5.74, 6) is 2.15. The summed E-state index contributed by atoms with van der Waals surface area (Å²) in [5.41, 5.74) is 3.76. The van der Waals surface area contributed by atoms with Crippen LogP contribution >= 0.6 is 0 Å². The van der Waals surface area contributed by atoms with Crippen molar-refractivity contribution in [3.8, 4) is 28.4 Å². The largest absolute Gasteiger partial charge is 0.508 e. The Morgan fingerprint density at radius 1 is 0.971 bits per heavy atom. The first kappa shape index (κ1) is 22.9. The summed E-state index contributed by atoms with van der Waals surface area (Å²) in [7, 11) is 1.61. The van der Waals surface area contributed by atoms with Gasteiger partial charge in [-0.3, -0.25) is 4.79 Å². The zero-order valence-electron chi connectivity index (χ0n) is 19.2. The zero-order valence-corrected chi connectivity index (χ0v) is 19.2. The number of nitrogens with zero attached hydrogens (tertiary/aromatic N) is 2. The second kappa shape index (κ2) is 10.6. The number of benzene rings is 3. The van der Waals surface area contributed by atoms with Gasteiger partial charge >= 0.3 is 0 Å². The van der Waals surface area contributed by atoms with Gasteiger partial charge < -0.3 is 19.9 Å². The predicted molar refractivity (Wildman–Crippen MR) is 133 cm³/mol. The third kappa shape index (κ3) is 5.56. The molecule has 0 saturated carbocycles. The molecular weight excluding hydrogens is 430 g/mol. The molecule has 0 atom stereocenters. The van der Waals surface area contributed by atoms with E-state index in [2.05, 4.69) is 10.4 Å². The van der Waals surface area contributed by atoms with Crippen molar-refractivity contribution < 1.29 is 14.6 Å². The Hall–Kier alpha value is -4.26. The number of rotatable bonds is 9. The van der Waals surface area contributed by atoms with Gasteiger partial charge in [-0.1, -0.05) is 36.4 Å². The van der Waals surface area contributed by atoms with Crippen LogP contribution in [0.25, 0.3) is 11.1 Å². The maximum absolute atomic E-state index is 12.4. The van der Waals surface area contributed by atoms with E-state index in [-0.39, 0.29) is 11.3 Å². The van der Waals surface area contributed by atoms with Crippen LogP contribution in [0.1, 0.15) is 11.1 Å². The first-order valence-corrected chi connectivity index (χ1v) is 11.0. The summed E-state index contributed by atoms with van der Waals surface area (Å²) in [6.45, 7) is 3.27. The van der Waals surface area contributed by atoms with Crippen LogP contribution in [0.2, 0.25) is 0 Å².